The molecule has 0 saturated carbocycles. The largest absolute Gasteiger partial charge is 0.586 e. The highest BCUT2D eigenvalue weighted by atomic mass is 32.2. The van der Waals surface area contributed by atoms with Crippen LogP contribution in [0.4, 0.5) is 14.5 Å². The Morgan fingerprint density at radius 2 is 1.96 bits per heavy atom. The van der Waals surface area contributed by atoms with E-state index in [1.165, 1.54) is 41.3 Å². The van der Waals surface area contributed by atoms with Crippen molar-refractivity contribution in [2.75, 3.05) is 11.1 Å². The molecule has 6 nitrogen and oxygen atoms in total. The molecule has 1 aliphatic heterocycles. The first kappa shape index (κ1) is 18.8. The Balaban J connectivity index is 1.38. The van der Waals surface area contributed by atoms with Crippen molar-refractivity contribution >= 4 is 46.9 Å². The van der Waals surface area contributed by atoms with Crippen LogP contribution in [0.1, 0.15) is 0 Å². The number of benzene rings is 2. The monoisotopic (exact) mass is 439 g/mol. The van der Waals surface area contributed by atoms with Crippen LogP contribution in [0, 0.1) is 3.95 Å². The Kier molecular flexibility index (Phi) is 5.04. The van der Waals surface area contributed by atoms with Gasteiger partial charge < -0.3 is 14.8 Å². The van der Waals surface area contributed by atoms with E-state index in [4.69, 9.17) is 12.2 Å². The van der Waals surface area contributed by atoms with E-state index >= 15 is 0 Å². The van der Waals surface area contributed by atoms with Gasteiger partial charge in [-0.15, -0.1) is 13.9 Å². The highest BCUT2D eigenvalue weighted by molar-refractivity contribution is 8.01. The number of halogens is 2. The SMILES string of the molecule is O=C(CSc1nn(-c2ccccc2)c(=S)s1)Nc1ccc2c(c1)OC(F)(F)O2. The second-order valence-corrected chi connectivity index (χ2v) is 8.39. The van der Waals surface area contributed by atoms with Crippen molar-refractivity contribution in [1.29, 1.82) is 0 Å². The number of alkyl halides is 2. The number of para-hydroxylation sites is 1. The lowest BCUT2D eigenvalue weighted by atomic mass is 10.3. The molecule has 0 saturated heterocycles. The van der Waals surface area contributed by atoms with E-state index in [-0.39, 0.29) is 23.2 Å². The van der Waals surface area contributed by atoms with Gasteiger partial charge in [0.15, 0.2) is 19.8 Å². The molecule has 0 radical (unpaired) electrons. The fourth-order valence-corrected chi connectivity index (χ4v) is 4.56. The van der Waals surface area contributed by atoms with Crippen LogP contribution in [-0.4, -0.2) is 27.7 Å². The molecule has 0 spiro atoms. The summed E-state index contributed by atoms with van der Waals surface area (Å²) in [6.07, 6.45) is -3.69. The Morgan fingerprint density at radius 1 is 1.21 bits per heavy atom. The minimum Gasteiger partial charge on any atom is -0.395 e. The van der Waals surface area contributed by atoms with Crippen molar-refractivity contribution in [2.45, 2.75) is 10.6 Å². The van der Waals surface area contributed by atoms with Crippen LogP contribution >= 0.6 is 35.3 Å². The molecule has 2 heterocycles. The van der Waals surface area contributed by atoms with Gasteiger partial charge >= 0.3 is 6.29 Å². The molecule has 0 fully saturated rings. The molecule has 144 valence electrons. The molecular weight excluding hydrogens is 428 g/mol. The standard InChI is InChI=1S/C17H11F2N3O3S3/c18-17(19)24-12-7-6-10(8-13(12)25-17)20-14(23)9-27-15-21-22(16(26)28-15)11-4-2-1-3-5-11/h1-8H,9H2,(H,20,23). The van der Waals surface area contributed by atoms with Crippen LogP contribution < -0.4 is 14.8 Å². The summed E-state index contributed by atoms with van der Waals surface area (Å²) >= 11 is 7.86. The third-order valence-corrected chi connectivity index (χ3v) is 5.91. The normalized spacial score (nSPS) is 14.1. The van der Waals surface area contributed by atoms with Crippen molar-refractivity contribution in [3.63, 3.8) is 0 Å². The van der Waals surface area contributed by atoms with Crippen LogP contribution in [-0.2, 0) is 4.79 Å². The number of carbonyl (C=O) groups excluding carboxylic acids is 1. The van der Waals surface area contributed by atoms with Crippen molar-refractivity contribution in [1.82, 2.24) is 9.78 Å². The lowest BCUT2D eigenvalue weighted by molar-refractivity contribution is -0.286. The topological polar surface area (TPSA) is 65.4 Å². The molecule has 1 aromatic heterocycles. The van der Waals surface area contributed by atoms with Gasteiger partial charge in [0.05, 0.1) is 11.4 Å². The number of fused-ring (bicyclic) bond motifs is 1. The predicted octanol–water partition coefficient (Wildman–Crippen LogP) is 4.72. The van der Waals surface area contributed by atoms with Gasteiger partial charge in [-0.25, -0.2) is 4.68 Å². The molecule has 3 aromatic rings. The summed E-state index contributed by atoms with van der Waals surface area (Å²) in [4.78, 5) is 12.2. The summed E-state index contributed by atoms with van der Waals surface area (Å²) in [7, 11) is 0. The smallest absolute Gasteiger partial charge is 0.395 e. The minimum absolute atomic E-state index is 0.0800. The van der Waals surface area contributed by atoms with E-state index in [9.17, 15) is 13.6 Å². The molecular formula is C17H11F2N3O3S3. The molecule has 28 heavy (non-hydrogen) atoms. The maximum Gasteiger partial charge on any atom is 0.586 e. The van der Waals surface area contributed by atoms with E-state index in [2.05, 4.69) is 19.9 Å². The first-order chi connectivity index (χ1) is 13.4. The fourth-order valence-electron chi connectivity index (χ4n) is 2.40. The van der Waals surface area contributed by atoms with Crippen LogP contribution in [0.2, 0.25) is 0 Å². The molecule has 0 aliphatic carbocycles. The number of anilines is 1. The number of hydrogen-bond acceptors (Lipinski definition) is 7. The Labute approximate surface area is 171 Å². The molecule has 0 bridgehead atoms. The maximum absolute atomic E-state index is 13.0. The summed E-state index contributed by atoms with van der Waals surface area (Å²) < 4.78 is 37.6. The number of hydrogen-bond donors (Lipinski definition) is 1. The van der Waals surface area contributed by atoms with Crippen molar-refractivity contribution in [2.24, 2.45) is 0 Å². The third kappa shape index (κ3) is 4.16. The molecule has 4 rings (SSSR count). The zero-order valence-electron chi connectivity index (χ0n) is 13.9. The average Bonchev–Trinajstić information content (AvgIpc) is 3.18. The first-order valence-electron chi connectivity index (χ1n) is 7.88. The van der Waals surface area contributed by atoms with Gasteiger partial charge in [0.25, 0.3) is 0 Å². The maximum atomic E-state index is 13.0. The molecule has 1 N–H and O–H groups in total. The number of ether oxygens (including phenoxy) is 2. The van der Waals surface area contributed by atoms with E-state index < -0.39 is 6.29 Å². The fraction of sp³-hybridized carbons (Fsp3) is 0.118. The van der Waals surface area contributed by atoms with Crippen LogP contribution in [0.25, 0.3) is 5.69 Å². The van der Waals surface area contributed by atoms with Gasteiger partial charge in [-0.1, -0.05) is 41.3 Å². The van der Waals surface area contributed by atoms with Gasteiger partial charge in [-0.2, -0.15) is 0 Å². The van der Waals surface area contributed by atoms with E-state index in [0.29, 0.717) is 14.0 Å². The second kappa shape index (κ2) is 7.49. The number of nitrogens with one attached hydrogen (secondary N) is 1. The quantitative estimate of drug-likeness (QED) is 0.459. The number of thioether (sulfide) groups is 1. The number of carbonyl (C=O) groups is 1. The highest BCUT2D eigenvalue weighted by Crippen LogP contribution is 2.42. The van der Waals surface area contributed by atoms with Crippen LogP contribution in [0.15, 0.2) is 52.9 Å². The second-order valence-electron chi connectivity index (χ2n) is 5.55. The molecule has 11 heteroatoms. The van der Waals surface area contributed by atoms with Crippen LogP contribution in [0.5, 0.6) is 11.5 Å². The van der Waals surface area contributed by atoms with Gasteiger partial charge in [0.1, 0.15) is 0 Å². The zero-order valence-corrected chi connectivity index (χ0v) is 16.4. The molecule has 0 unspecified atom stereocenters. The average molecular weight is 439 g/mol. The molecule has 0 atom stereocenters. The predicted molar refractivity (Wildman–Crippen MR) is 104 cm³/mol. The highest BCUT2D eigenvalue weighted by Gasteiger charge is 2.43. The van der Waals surface area contributed by atoms with Crippen molar-refractivity contribution < 1.29 is 23.0 Å². The molecule has 1 amide bonds. The van der Waals surface area contributed by atoms with E-state index in [1.807, 2.05) is 30.3 Å². The Morgan fingerprint density at radius 3 is 2.75 bits per heavy atom. The van der Waals surface area contributed by atoms with E-state index in [0.717, 1.165) is 5.69 Å². The van der Waals surface area contributed by atoms with Crippen LogP contribution in [0.3, 0.4) is 0 Å². The molecule has 2 aromatic carbocycles. The summed E-state index contributed by atoms with van der Waals surface area (Å²) in [6.45, 7) is 0. The number of amides is 1. The van der Waals surface area contributed by atoms with Gasteiger partial charge in [0.2, 0.25) is 5.91 Å². The van der Waals surface area contributed by atoms with E-state index in [1.54, 1.807) is 4.68 Å². The first-order valence-corrected chi connectivity index (χ1v) is 10.1. The summed E-state index contributed by atoms with van der Waals surface area (Å²) in [5.41, 5.74) is 1.17. The minimum atomic E-state index is -3.69. The molecule has 1 aliphatic rings. The van der Waals surface area contributed by atoms with Gasteiger partial charge in [0, 0.05) is 11.8 Å². The zero-order chi connectivity index (χ0) is 19.7. The Bertz CT molecular complexity index is 1090. The number of aromatic nitrogens is 2. The number of nitrogens with zero attached hydrogens (tertiary/aromatic N) is 2. The van der Waals surface area contributed by atoms with Crippen molar-refractivity contribution in [3.05, 3.63) is 52.5 Å². The lowest BCUT2D eigenvalue weighted by Crippen LogP contribution is -2.25. The number of rotatable bonds is 5. The summed E-state index contributed by atoms with van der Waals surface area (Å²) in [6, 6.07) is 13.5. The summed E-state index contributed by atoms with van der Waals surface area (Å²) in [5, 5.41) is 7.04. The third-order valence-electron chi connectivity index (χ3n) is 3.54. The van der Waals surface area contributed by atoms with Gasteiger partial charge in [-0.05, 0) is 36.5 Å². The lowest BCUT2D eigenvalue weighted by Gasteiger charge is -2.05. The Hall–Kier alpha value is -2.50. The summed E-state index contributed by atoms with van der Waals surface area (Å²) in [5.74, 6) is -0.441. The van der Waals surface area contributed by atoms with Crippen molar-refractivity contribution in [3.8, 4) is 17.2 Å². The van der Waals surface area contributed by atoms with Gasteiger partial charge in [-0.3, -0.25) is 4.79 Å².